The van der Waals surface area contributed by atoms with Crippen molar-refractivity contribution in [1.29, 1.82) is 0 Å². The summed E-state index contributed by atoms with van der Waals surface area (Å²) < 4.78 is 0. The van der Waals surface area contributed by atoms with Crippen molar-refractivity contribution in [2.45, 2.75) is 27.7 Å². The van der Waals surface area contributed by atoms with Crippen LogP contribution in [0, 0.1) is 27.7 Å². The number of hydrogen-bond acceptors (Lipinski definition) is 0. The van der Waals surface area contributed by atoms with Gasteiger partial charge in [-0.2, -0.15) is 11.4 Å². The van der Waals surface area contributed by atoms with E-state index in [-0.39, 0.29) is 0 Å². The van der Waals surface area contributed by atoms with Gasteiger partial charge >= 0.3 is 35.6 Å². The van der Waals surface area contributed by atoms with E-state index in [0.717, 1.165) is 22.7 Å². The zero-order chi connectivity index (χ0) is 19.8. The number of aryl methyl sites for hydroxylation is 4. The van der Waals surface area contributed by atoms with Crippen molar-refractivity contribution in [3.05, 3.63) is 93.6 Å². The Morgan fingerprint density at radius 1 is 0.593 bits per heavy atom. The molecule has 140 valence electrons. The Morgan fingerprint density at radius 3 is 1.30 bits per heavy atom. The van der Waals surface area contributed by atoms with Crippen LogP contribution in [0.1, 0.15) is 22.3 Å². The zero-order valence-electron chi connectivity index (χ0n) is 15.9. The molecule has 0 aliphatic heterocycles. The summed E-state index contributed by atoms with van der Waals surface area (Å²) in [6, 6.07) is 20.6. The quantitative estimate of drug-likeness (QED) is 0.368. The summed E-state index contributed by atoms with van der Waals surface area (Å²) in [4.78, 5) is 0. The molecule has 2 nitrogen and oxygen atoms in total. The molecule has 0 spiro atoms. The molecule has 0 radical (unpaired) electrons. The molecule has 0 aliphatic rings. The molecule has 0 aromatic heterocycles. The van der Waals surface area contributed by atoms with Gasteiger partial charge in [-0.15, -0.1) is 11.4 Å². The Hall–Kier alpha value is -1.45. The molecule has 5 heteroatoms. The number of benzene rings is 3. The van der Waals surface area contributed by atoms with E-state index in [9.17, 15) is 0 Å². The molecule has 0 aliphatic carbocycles. The van der Waals surface area contributed by atoms with Crippen LogP contribution in [-0.4, -0.2) is 0 Å². The van der Waals surface area contributed by atoms with Crippen molar-refractivity contribution in [3.63, 3.8) is 0 Å². The fourth-order valence-corrected chi connectivity index (χ4v) is 2.52. The van der Waals surface area contributed by atoms with Gasteiger partial charge in [-0.3, -0.25) is 0 Å². The summed E-state index contributed by atoms with van der Waals surface area (Å²) in [5, 5.41) is 9.57. The molecular weight excluding hydrogens is 411 g/mol. The van der Waals surface area contributed by atoms with E-state index in [4.69, 9.17) is 29.2 Å². The maximum atomic E-state index is 4.89. The molecule has 27 heavy (non-hydrogen) atoms. The van der Waals surface area contributed by atoms with E-state index in [1.807, 2.05) is 24.3 Å². The Kier molecular flexibility index (Phi) is 8.72. The second-order valence-electron chi connectivity index (χ2n) is 6.32. The Labute approximate surface area is 179 Å². The van der Waals surface area contributed by atoms with Crippen LogP contribution < -0.4 is 0 Å². The third-order valence-electron chi connectivity index (χ3n) is 4.36. The van der Waals surface area contributed by atoms with Gasteiger partial charge in [0.15, 0.2) is 0 Å². The van der Waals surface area contributed by atoms with Crippen molar-refractivity contribution in [1.82, 2.24) is 0 Å². The molecule has 3 rings (SSSR count). The third kappa shape index (κ3) is 6.58. The van der Waals surface area contributed by atoms with Crippen molar-refractivity contribution in [2.24, 2.45) is 0 Å². The molecule has 3 aromatic rings. The van der Waals surface area contributed by atoms with Crippen molar-refractivity contribution in [3.8, 4) is 0 Å². The zero-order valence-corrected chi connectivity index (χ0v) is 19.0. The van der Waals surface area contributed by atoms with E-state index < -0.39 is 17.0 Å². The number of nitrogens with zero attached hydrogens (tertiary/aromatic N) is 2. The van der Waals surface area contributed by atoms with Crippen molar-refractivity contribution >= 4 is 41.4 Å². The molecule has 0 bridgehead atoms. The van der Waals surface area contributed by atoms with Gasteiger partial charge in [0, 0.05) is 0 Å². The fourth-order valence-electron chi connectivity index (χ4n) is 2.52. The van der Waals surface area contributed by atoms with Crippen LogP contribution >= 0.6 is 18.6 Å². The Bertz CT molecular complexity index is 825. The maximum absolute atomic E-state index is 4.89. The van der Waals surface area contributed by atoms with E-state index in [1.54, 1.807) is 0 Å². The van der Waals surface area contributed by atoms with Crippen LogP contribution in [0.5, 0.6) is 0 Å². The molecule has 0 heterocycles. The first-order chi connectivity index (χ1) is 12.9. The molecule has 0 atom stereocenters. The number of halogens is 2. The monoisotopic (exact) mass is 432 g/mol. The molecule has 0 unspecified atom stereocenters. The summed E-state index contributed by atoms with van der Waals surface area (Å²) in [5.74, 6) is 0. The summed E-state index contributed by atoms with van der Waals surface area (Å²) in [7, 11) is 9.78. The van der Waals surface area contributed by atoms with Crippen LogP contribution in [-0.2, 0) is 17.0 Å². The Morgan fingerprint density at radius 2 is 0.963 bits per heavy atom. The van der Waals surface area contributed by atoms with E-state index in [0.29, 0.717) is 0 Å². The van der Waals surface area contributed by atoms with E-state index in [2.05, 4.69) is 64.1 Å². The molecular formula is C22H22Cl2N2Ti-2. The average molecular weight is 433 g/mol. The second kappa shape index (κ2) is 10.8. The fraction of sp³-hybridized carbons (Fsp3) is 0.182. The average Bonchev–Trinajstić information content (AvgIpc) is 2.64. The number of hydrogen-bond donors (Lipinski definition) is 0. The predicted molar refractivity (Wildman–Crippen MR) is 115 cm³/mol. The molecule has 0 saturated heterocycles. The van der Waals surface area contributed by atoms with Gasteiger partial charge in [-0.25, -0.2) is 0 Å². The Balaban J connectivity index is 0.000000817. The molecule has 3 aromatic carbocycles. The van der Waals surface area contributed by atoms with Crippen LogP contribution in [0.15, 0.2) is 60.7 Å². The molecule has 0 saturated carbocycles. The van der Waals surface area contributed by atoms with Gasteiger partial charge in [0.25, 0.3) is 0 Å². The van der Waals surface area contributed by atoms with Crippen molar-refractivity contribution in [2.75, 3.05) is 0 Å². The summed E-state index contributed by atoms with van der Waals surface area (Å²) in [5.41, 5.74) is 8.75. The minimum absolute atomic E-state index is 0.556. The van der Waals surface area contributed by atoms with E-state index >= 15 is 0 Å². The van der Waals surface area contributed by atoms with Gasteiger partial charge in [-0.1, -0.05) is 60.7 Å². The molecule has 0 N–H and O–H groups in total. The van der Waals surface area contributed by atoms with Gasteiger partial charge in [0.05, 0.1) is 0 Å². The first-order valence-electron chi connectivity index (χ1n) is 8.58. The van der Waals surface area contributed by atoms with Crippen LogP contribution in [0.3, 0.4) is 0 Å². The van der Waals surface area contributed by atoms with Gasteiger partial charge < -0.3 is 10.6 Å². The van der Waals surface area contributed by atoms with Crippen LogP contribution in [0.25, 0.3) is 10.6 Å². The number of para-hydroxylation sites is 2. The summed E-state index contributed by atoms with van der Waals surface area (Å²) >= 11 is -0.556. The number of rotatable bonds is 4. The van der Waals surface area contributed by atoms with Gasteiger partial charge in [0.1, 0.15) is 0 Å². The van der Waals surface area contributed by atoms with Gasteiger partial charge in [0.2, 0.25) is 0 Å². The molecule has 0 fully saturated rings. The minimum atomic E-state index is -0.556. The normalized spacial score (nSPS) is 9.85. The summed E-state index contributed by atoms with van der Waals surface area (Å²) in [6.45, 7) is 8.45. The molecule has 0 amide bonds. The first-order valence-corrected chi connectivity index (χ1v) is 12.9. The summed E-state index contributed by atoms with van der Waals surface area (Å²) in [6.07, 6.45) is 0. The first kappa shape index (κ1) is 21.8. The predicted octanol–water partition coefficient (Wildman–Crippen LogP) is 8.97. The third-order valence-corrected chi connectivity index (χ3v) is 4.36. The van der Waals surface area contributed by atoms with Gasteiger partial charge in [-0.05, 0) is 49.9 Å². The standard InChI is InChI=1S/C22H22N2.2ClH.Ti/c1-15-9-11-19(13-17(15)3)23-21-7-5-6-8-22(21)24-20-12-10-16(2)18(4)14-20;;;/h5-14H,1-4H3;2*1H;/q-2;;;+2/p-2. The SMILES string of the molecule is Cc1ccc([N-]c2ccccc2[N-]c2ccc(C)c(C)c2)cc1C.[Cl][Ti][Cl]. The van der Waals surface area contributed by atoms with E-state index in [1.165, 1.54) is 22.3 Å². The topological polar surface area (TPSA) is 28.2 Å². The second-order valence-corrected chi connectivity index (χ2v) is 8.90. The van der Waals surface area contributed by atoms with Crippen molar-refractivity contribution < 1.29 is 17.0 Å². The van der Waals surface area contributed by atoms with Crippen LogP contribution in [0.2, 0.25) is 0 Å². The van der Waals surface area contributed by atoms with Crippen LogP contribution in [0.4, 0.5) is 22.7 Å².